The lowest BCUT2D eigenvalue weighted by Crippen LogP contribution is -2.12. The van der Waals surface area contributed by atoms with E-state index in [1.54, 1.807) is 7.11 Å². The van der Waals surface area contributed by atoms with E-state index in [2.05, 4.69) is 24.0 Å². The highest BCUT2D eigenvalue weighted by Gasteiger charge is 2.35. The summed E-state index contributed by atoms with van der Waals surface area (Å²) in [5, 5.41) is 10.5. The minimum absolute atomic E-state index is 0.0765. The standard InChI is InChI=1S/C25H28O3/c1-28-18-6-5-9-21-15-17-24(27)25(21)22-13-11-20(12-14-22)23(26)16-10-19-7-3-2-4-8-19/h2-4,7-8,11-14,21,23,25-26H,9-10,15-18H2,1H3. The maximum atomic E-state index is 12.4. The van der Waals surface area contributed by atoms with E-state index in [0.717, 1.165) is 30.4 Å². The molecule has 0 radical (unpaired) electrons. The molecule has 0 saturated heterocycles. The summed E-state index contributed by atoms with van der Waals surface area (Å²) < 4.78 is 4.96. The molecule has 0 aliphatic heterocycles. The largest absolute Gasteiger partial charge is 0.388 e. The highest BCUT2D eigenvalue weighted by molar-refractivity contribution is 5.88. The number of hydrogen-bond acceptors (Lipinski definition) is 3. The van der Waals surface area contributed by atoms with E-state index in [4.69, 9.17) is 4.74 Å². The predicted molar refractivity (Wildman–Crippen MR) is 111 cm³/mol. The fourth-order valence-corrected chi connectivity index (χ4v) is 3.96. The van der Waals surface area contributed by atoms with Gasteiger partial charge in [-0.15, -0.1) is 5.92 Å². The molecule has 0 spiro atoms. The third-order valence-corrected chi connectivity index (χ3v) is 5.52. The van der Waals surface area contributed by atoms with Crippen molar-refractivity contribution >= 4 is 5.78 Å². The van der Waals surface area contributed by atoms with Gasteiger partial charge in [0.25, 0.3) is 0 Å². The van der Waals surface area contributed by atoms with Crippen molar-refractivity contribution in [2.24, 2.45) is 5.92 Å². The number of ether oxygens (including phenoxy) is 1. The van der Waals surface area contributed by atoms with Crippen LogP contribution in [0.3, 0.4) is 0 Å². The van der Waals surface area contributed by atoms with Crippen molar-refractivity contribution in [3.8, 4) is 11.8 Å². The van der Waals surface area contributed by atoms with Gasteiger partial charge >= 0.3 is 0 Å². The smallest absolute Gasteiger partial charge is 0.140 e. The average molecular weight is 376 g/mol. The maximum absolute atomic E-state index is 12.4. The van der Waals surface area contributed by atoms with Crippen LogP contribution in [-0.4, -0.2) is 24.6 Å². The van der Waals surface area contributed by atoms with Gasteiger partial charge in [0.1, 0.15) is 12.4 Å². The van der Waals surface area contributed by atoms with Crippen LogP contribution in [0.15, 0.2) is 54.6 Å². The first-order valence-corrected chi connectivity index (χ1v) is 9.98. The minimum atomic E-state index is -0.496. The van der Waals surface area contributed by atoms with Crippen LogP contribution in [0.5, 0.6) is 0 Å². The fourth-order valence-electron chi connectivity index (χ4n) is 3.96. The summed E-state index contributed by atoms with van der Waals surface area (Å²) >= 11 is 0. The second kappa shape index (κ2) is 10.2. The molecule has 0 amide bonds. The van der Waals surface area contributed by atoms with Crippen molar-refractivity contribution in [3.63, 3.8) is 0 Å². The third kappa shape index (κ3) is 5.32. The lowest BCUT2D eigenvalue weighted by atomic mass is 9.85. The zero-order chi connectivity index (χ0) is 19.8. The second-order valence-electron chi connectivity index (χ2n) is 7.44. The monoisotopic (exact) mass is 376 g/mol. The Morgan fingerprint density at radius 3 is 2.57 bits per heavy atom. The molecule has 2 aromatic carbocycles. The van der Waals surface area contributed by atoms with Gasteiger partial charge in [0.05, 0.1) is 6.10 Å². The van der Waals surface area contributed by atoms with Crippen molar-refractivity contribution < 1.29 is 14.6 Å². The van der Waals surface area contributed by atoms with Crippen LogP contribution in [0.4, 0.5) is 0 Å². The Morgan fingerprint density at radius 2 is 1.86 bits per heavy atom. The Morgan fingerprint density at radius 1 is 1.11 bits per heavy atom. The van der Waals surface area contributed by atoms with Crippen LogP contribution in [0.2, 0.25) is 0 Å². The first kappa shape index (κ1) is 20.3. The molecule has 0 bridgehead atoms. The molecule has 0 aromatic heterocycles. The quantitative estimate of drug-likeness (QED) is 0.726. The number of ketones is 1. The number of rotatable bonds is 7. The van der Waals surface area contributed by atoms with E-state index in [1.165, 1.54) is 5.56 Å². The van der Waals surface area contributed by atoms with Gasteiger partial charge in [0.2, 0.25) is 0 Å². The van der Waals surface area contributed by atoms with Crippen molar-refractivity contribution in [2.75, 3.05) is 13.7 Å². The van der Waals surface area contributed by atoms with E-state index in [0.29, 0.717) is 25.2 Å². The molecule has 1 saturated carbocycles. The molecule has 1 aliphatic rings. The van der Waals surface area contributed by atoms with Gasteiger partial charge in [-0.2, -0.15) is 0 Å². The summed E-state index contributed by atoms with van der Waals surface area (Å²) in [7, 11) is 1.63. The summed E-state index contributed by atoms with van der Waals surface area (Å²) in [6.07, 6.45) is 3.27. The molecule has 1 N–H and O–H groups in total. The normalized spacial score (nSPS) is 19.9. The number of aryl methyl sites for hydroxylation is 1. The molecule has 1 fully saturated rings. The Labute approximate surface area is 167 Å². The molecule has 28 heavy (non-hydrogen) atoms. The number of carbonyl (C=O) groups is 1. The first-order chi connectivity index (χ1) is 13.7. The molecule has 3 unspecified atom stereocenters. The molecular weight excluding hydrogens is 348 g/mol. The molecule has 1 aliphatic carbocycles. The van der Waals surface area contributed by atoms with E-state index in [-0.39, 0.29) is 11.8 Å². The number of hydrogen-bond donors (Lipinski definition) is 1. The lowest BCUT2D eigenvalue weighted by molar-refractivity contribution is -0.118. The van der Waals surface area contributed by atoms with Crippen LogP contribution < -0.4 is 0 Å². The van der Waals surface area contributed by atoms with Gasteiger partial charge < -0.3 is 9.84 Å². The first-order valence-electron chi connectivity index (χ1n) is 9.98. The zero-order valence-electron chi connectivity index (χ0n) is 16.4. The molecule has 146 valence electrons. The molecule has 3 nitrogen and oxygen atoms in total. The van der Waals surface area contributed by atoms with E-state index >= 15 is 0 Å². The van der Waals surface area contributed by atoms with E-state index in [1.807, 2.05) is 42.5 Å². The minimum Gasteiger partial charge on any atom is -0.388 e. The molecule has 0 heterocycles. The molecular formula is C25H28O3. The molecule has 2 aromatic rings. The molecule has 3 heteroatoms. The summed E-state index contributed by atoms with van der Waals surface area (Å²) in [4.78, 5) is 12.4. The number of carbonyl (C=O) groups excluding carboxylic acids is 1. The lowest BCUT2D eigenvalue weighted by Gasteiger charge is -2.18. The summed E-state index contributed by atoms with van der Waals surface area (Å²) in [5.74, 6) is 6.62. The highest BCUT2D eigenvalue weighted by atomic mass is 16.5. The van der Waals surface area contributed by atoms with Crippen LogP contribution in [-0.2, 0) is 16.0 Å². The van der Waals surface area contributed by atoms with Gasteiger partial charge in [-0.1, -0.05) is 60.5 Å². The van der Waals surface area contributed by atoms with Gasteiger partial charge in [0.15, 0.2) is 0 Å². The van der Waals surface area contributed by atoms with Crippen LogP contribution >= 0.6 is 0 Å². The average Bonchev–Trinajstić information content (AvgIpc) is 3.10. The Kier molecular flexibility index (Phi) is 7.42. The second-order valence-corrected chi connectivity index (χ2v) is 7.44. The van der Waals surface area contributed by atoms with Gasteiger partial charge in [-0.3, -0.25) is 4.79 Å². The molecule has 3 rings (SSSR count). The number of Topliss-reactive ketones (excluding diaryl/α,β-unsaturated/α-hetero) is 1. The Bertz CT molecular complexity index is 814. The fraction of sp³-hybridized carbons (Fsp3) is 0.400. The van der Waals surface area contributed by atoms with Crippen molar-refractivity contribution in [2.45, 2.75) is 44.1 Å². The van der Waals surface area contributed by atoms with Crippen LogP contribution in [0, 0.1) is 17.8 Å². The zero-order valence-corrected chi connectivity index (χ0v) is 16.4. The van der Waals surface area contributed by atoms with Crippen molar-refractivity contribution in [1.82, 2.24) is 0 Å². The van der Waals surface area contributed by atoms with Crippen LogP contribution in [0.25, 0.3) is 0 Å². The van der Waals surface area contributed by atoms with Gasteiger partial charge in [-0.25, -0.2) is 0 Å². The SMILES string of the molecule is COCC#CCC1CCC(=O)C1c1ccc(C(O)CCc2ccccc2)cc1. The summed E-state index contributed by atoms with van der Waals surface area (Å²) in [6, 6.07) is 18.1. The van der Waals surface area contributed by atoms with E-state index < -0.39 is 6.10 Å². The number of benzene rings is 2. The number of methoxy groups -OCH3 is 1. The van der Waals surface area contributed by atoms with Crippen LogP contribution in [0.1, 0.15) is 54.4 Å². The topological polar surface area (TPSA) is 46.5 Å². The number of aliphatic hydroxyl groups excluding tert-OH is 1. The Balaban J connectivity index is 1.62. The van der Waals surface area contributed by atoms with Gasteiger partial charge in [0, 0.05) is 25.9 Å². The van der Waals surface area contributed by atoms with Crippen molar-refractivity contribution in [1.29, 1.82) is 0 Å². The molecule has 3 atom stereocenters. The van der Waals surface area contributed by atoms with Gasteiger partial charge in [-0.05, 0) is 41.9 Å². The Hall–Kier alpha value is -2.41. The van der Waals surface area contributed by atoms with Crippen molar-refractivity contribution in [3.05, 3.63) is 71.3 Å². The highest BCUT2D eigenvalue weighted by Crippen LogP contribution is 2.39. The predicted octanol–water partition coefficient (Wildman–Crippen LogP) is 4.46. The third-order valence-electron chi connectivity index (χ3n) is 5.52. The maximum Gasteiger partial charge on any atom is 0.140 e. The summed E-state index contributed by atoms with van der Waals surface area (Å²) in [5.41, 5.74) is 3.17. The van der Waals surface area contributed by atoms with E-state index in [9.17, 15) is 9.90 Å². The summed E-state index contributed by atoms with van der Waals surface area (Å²) in [6.45, 7) is 0.431. The number of aliphatic hydroxyl groups is 1.